The second kappa shape index (κ2) is 7.18. The van der Waals surface area contributed by atoms with E-state index in [1.54, 1.807) is 18.2 Å². The number of ether oxygens (including phenoxy) is 3. The maximum Gasteiger partial charge on any atom is 0.363 e. The Hall–Kier alpha value is -3.48. The summed E-state index contributed by atoms with van der Waals surface area (Å²) in [4.78, 5) is 27.3. The second-order valence-corrected chi connectivity index (χ2v) is 5.32. The zero-order valence-electron chi connectivity index (χ0n) is 14.0. The van der Waals surface area contributed by atoms with Crippen LogP contribution < -0.4 is 9.47 Å². The molecule has 1 heterocycles. The fourth-order valence-corrected chi connectivity index (χ4v) is 2.33. The van der Waals surface area contributed by atoms with Crippen LogP contribution in [0.25, 0.3) is 6.08 Å². The van der Waals surface area contributed by atoms with E-state index in [0.717, 1.165) is 0 Å². The predicted molar refractivity (Wildman–Crippen MR) is 91.3 cm³/mol. The number of benzene rings is 2. The third kappa shape index (κ3) is 3.61. The Morgan fingerprint density at radius 1 is 1.19 bits per heavy atom. The van der Waals surface area contributed by atoms with Gasteiger partial charge in [-0.2, -0.15) is 0 Å². The number of methoxy groups -OCH3 is 1. The van der Waals surface area contributed by atoms with E-state index in [-0.39, 0.29) is 22.9 Å². The molecule has 132 valence electrons. The van der Waals surface area contributed by atoms with Crippen LogP contribution in [0.2, 0.25) is 0 Å². The van der Waals surface area contributed by atoms with Gasteiger partial charge in [0.2, 0.25) is 5.90 Å². The summed E-state index contributed by atoms with van der Waals surface area (Å²) in [7, 11) is 1.44. The molecule has 0 amide bonds. The van der Waals surface area contributed by atoms with Gasteiger partial charge in [0.25, 0.3) is 0 Å². The van der Waals surface area contributed by atoms with Gasteiger partial charge in [0.15, 0.2) is 17.2 Å². The number of aliphatic imine (C=N–C) groups is 1. The van der Waals surface area contributed by atoms with Gasteiger partial charge in [0.05, 0.1) is 12.7 Å². The third-order valence-electron chi connectivity index (χ3n) is 3.47. The molecule has 0 unspecified atom stereocenters. The zero-order valence-corrected chi connectivity index (χ0v) is 14.0. The molecule has 0 saturated carbocycles. The van der Waals surface area contributed by atoms with Crippen molar-refractivity contribution in [3.8, 4) is 11.5 Å². The maximum atomic E-state index is 13.8. The molecule has 0 atom stereocenters. The number of halogens is 1. The Balaban J connectivity index is 1.96. The first-order valence-corrected chi connectivity index (χ1v) is 7.62. The van der Waals surface area contributed by atoms with E-state index in [4.69, 9.17) is 14.2 Å². The summed E-state index contributed by atoms with van der Waals surface area (Å²) in [6.45, 7) is 1.27. The Morgan fingerprint density at radius 3 is 2.65 bits per heavy atom. The first-order valence-electron chi connectivity index (χ1n) is 7.62. The molecule has 0 saturated heterocycles. The highest BCUT2D eigenvalue weighted by atomic mass is 19.1. The van der Waals surface area contributed by atoms with Gasteiger partial charge >= 0.3 is 11.9 Å². The molecule has 0 bridgehead atoms. The van der Waals surface area contributed by atoms with E-state index in [0.29, 0.717) is 11.3 Å². The fourth-order valence-electron chi connectivity index (χ4n) is 2.33. The van der Waals surface area contributed by atoms with E-state index in [2.05, 4.69) is 4.99 Å². The summed E-state index contributed by atoms with van der Waals surface area (Å²) in [5.41, 5.74) is 0.634. The first-order chi connectivity index (χ1) is 12.5. The Morgan fingerprint density at radius 2 is 1.96 bits per heavy atom. The van der Waals surface area contributed by atoms with Gasteiger partial charge in [-0.1, -0.05) is 18.2 Å². The minimum atomic E-state index is -0.701. The predicted octanol–water partition coefficient (Wildman–Crippen LogP) is 3.10. The minimum Gasteiger partial charge on any atom is -0.493 e. The fraction of sp³-hybridized carbons (Fsp3) is 0.105. The summed E-state index contributed by atoms with van der Waals surface area (Å²) in [5, 5.41) is 0. The lowest BCUT2D eigenvalue weighted by atomic mass is 10.1. The van der Waals surface area contributed by atoms with Crippen LogP contribution in [-0.2, 0) is 14.3 Å². The summed E-state index contributed by atoms with van der Waals surface area (Å²) in [5.74, 6) is -1.28. The van der Waals surface area contributed by atoms with Crippen molar-refractivity contribution < 1.29 is 28.2 Å². The van der Waals surface area contributed by atoms with Crippen molar-refractivity contribution in [3.05, 3.63) is 65.1 Å². The lowest BCUT2D eigenvalue weighted by molar-refractivity contribution is -0.132. The average molecular weight is 355 g/mol. The van der Waals surface area contributed by atoms with Crippen molar-refractivity contribution in [2.45, 2.75) is 6.92 Å². The number of cyclic esters (lactones) is 1. The molecular weight excluding hydrogens is 341 g/mol. The van der Waals surface area contributed by atoms with E-state index in [1.807, 2.05) is 0 Å². The van der Waals surface area contributed by atoms with Gasteiger partial charge in [-0.15, -0.1) is 0 Å². The quantitative estimate of drug-likeness (QED) is 0.479. The van der Waals surface area contributed by atoms with Crippen molar-refractivity contribution in [2.24, 2.45) is 4.99 Å². The summed E-state index contributed by atoms with van der Waals surface area (Å²) in [6, 6.07) is 10.6. The highest BCUT2D eigenvalue weighted by molar-refractivity contribution is 6.12. The number of esters is 2. The molecule has 1 aliphatic rings. The molecule has 0 radical (unpaired) electrons. The molecule has 0 N–H and O–H groups in total. The van der Waals surface area contributed by atoms with Gasteiger partial charge < -0.3 is 14.2 Å². The normalized spacial score (nSPS) is 14.8. The van der Waals surface area contributed by atoms with Crippen LogP contribution in [0.1, 0.15) is 18.1 Å². The summed E-state index contributed by atoms with van der Waals surface area (Å²) >= 11 is 0. The van der Waals surface area contributed by atoms with Crippen LogP contribution in [-0.4, -0.2) is 24.9 Å². The lowest BCUT2D eigenvalue weighted by Crippen LogP contribution is -2.07. The van der Waals surface area contributed by atoms with E-state index < -0.39 is 17.8 Å². The monoisotopic (exact) mass is 355 g/mol. The molecule has 2 aromatic carbocycles. The standard InChI is InChI=1S/C19H14FNO5/c1-11(22)25-17-10-12(7-8-16(17)24-2)9-15-19(23)26-18(21-15)13-5-3-4-6-14(13)20/h3-10H,1-2H3. The van der Waals surface area contributed by atoms with Crippen LogP contribution in [0.15, 0.2) is 53.2 Å². The molecule has 1 aliphatic heterocycles. The number of rotatable bonds is 4. The number of hydrogen-bond acceptors (Lipinski definition) is 6. The molecule has 26 heavy (non-hydrogen) atoms. The number of nitrogens with zero attached hydrogens (tertiary/aromatic N) is 1. The first kappa shape index (κ1) is 17.3. The second-order valence-electron chi connectivity index (χ2n) is 5.32. The van der Waals surface area contributed by atoms with Crippen molar-refractivity contribution >= 4 is 23.9 Å². The molecule has 0 spiro atoms. The highest BCUT2D eigenvalue weighted by Gasteiger charge is 2.26. The topological polar surface area (TPSA) is 74.2 Å². The van der Waals surface area contributed by atoms with Crippen molar-refractivity contribution in [1.82, 2.24) is 0 Å². The van der Waals surface area contributed by atoms with Crippen LogP contribution in [0.4, 0.5) is 4.39 Å². The molecule has 0 aliphatic carbocycles. The van der Waals surface area contributed by atoms with Gasteiger partial charge in [0.1, 0.15) is 5.82 Å². The number of carbonyl (C=O) groups excluding carboxylic acids is 2. The van der Waals surface area contributed by atoms with Gasteiger partial charge in [0, 0.05) is 6.92 Å². The average Bonchev–Trinajstić information content (AvgIpc) is 2.95. The van der Waals surface area contributed by atoms with Crippen molar-refractivity contribution in [3.63, 3.8) is 0 Å². The SMILES string of the molecule is COc1ccc(C=C2N=C(c3ccccc3F)OC2=O)cc1OC(C)=O. The lowest BCUT2D eigenvalue weighted by Gasteiger charge is -2.08. The Bertz CT molecular complexity index is 949. The van der Waals surface area contributed by atoms with E-state index in [9.17, 15) is 14.0 Å². The number of carbonyl (C=O) groups is 2. The zero-order chi connectivity index (χ0) is 18.7. The van der Waals surface area contributed by atoms with Crippen LogP contribution >= 0.6 is 0 Å². The van der Waals surface area contributed by atoms with E-state index >= 15 is 0 Å². The van der Waals surface area contributed by atoms with Crippen molar-refractivity contribution in [2.75, 3.05) is 7.11 Å². The summed E-state index contributed by atoms with van der Waals surface area (Å²) < 4.78 is 29.1. The van der Waals surface area contributed by atoms with Gasteiger partial charge in [-0.25, -0.2) is 14.2 Å². The minimum absolute atomic E-state index is 0.00203. The van der Waals surface area contributed by atoms with Crippen LogP contribution in [0.3, 0.4) is 0 Å². The largest absolute Gasteiger partial charge is 0.493 e. The number of hydrogen-bond donors (Lipinski definition) is 0. The van der Waals surface area contributed by atoms with Crippen molar-refractivity contribution in [1.29, 1.82) is 0 Å². The van der Waals surface area contributed by atoms with Gasteiger partial charge in [-0.05, 0) is 35.9 Å². The Labute approximate surface area is 148 Å². The van der Waals surface area contributed by atoms with E-state index in [1.165, 1.54) is 44.4 Å². The molecular formula is C19H14FNO5. The summed E-state index contributed by atoms with van der Waals surface area (Å²) in [6.07, 6.45) is 1.45. The maximum absolute atomic E-state index is 13.8. The molecule has 2 aromatic rings. The van der Waals surface area contributed by atoms with Crippen LogP contribution in [0, 0.1) is 5.82 Å². The molecule has 0 aromatic heterocycles. The molecule has 3 rings (SSSR count). The third-order valence-corrected chi connectivity index (χ3v) is 3.47. The van der Waals surface area contributed by atoms with Gasteiger partial charge in [-0.3, -0.25) is 4.79 Å². The van der Waals surface area contributed by atoms with Crippen LogP contribution in [0.5, 0.6) is 11.5 Å². The Kier molecular flexibility index (Phi) is 4.79. The highest BCUT2D eigenvalue weighted by Crippen LogP contribution is 2.30. The smallest absolute Gasteiger partial charge is 0.363 e. The molecule has 7 heteroatoms. The molecule has 6 nitrogen and oxygen atoms in total. The molecule has 0 fully saturated rings.